The molecule has 0 saturated carbocycles. The van der Waals surface area contributed by atoms with E-state index < -0.39 is 18.5 Å². The van der Waals surface area contributed by atoms with Crippen LogP contribution in [0.15, 0.2) is 36.4 Å². The Kier molecular flexibility index (Phi) is 5.88. The third kappa shape index (κ3) is 4.86. The van der Waals surface area contributed by atoms with Crippen LogP contribution in [-0.4, -0.2) is 18.5 Å². The second-order valence-corrected chi connectivity index (χ2v) is 5.96. The summed E-state index contributed by atoms with van der Waals surface area (Å²) in [5.41, 5.74) is 1.59. The topological polar surface area (TPSA) is 55.4 Å². The van der Waals surface area contributed by atoms with E-state index in [9.17, 15) is 9.59 Å². The second kappa shape index (κ2) is 7.68. The molecule has 7 heteroatoms. The molecule has 1 N–H and O–H groups in total. The Morgan fingerprint density at radius 3 is 2.43 bits per heavy atom. The van der Waals surface area contributed by atoms with Gasteiger partial charge in [-0.05, 0) is 31.2 Å². The summed E-state index contributed by atoms with van der Waals surface area (Å²) in [6.45, 7) is 1.42. The van der Waals surface area contributed by atoms with E-state index in [-0.39, 0.29) is 20.8 Å². The van der Waals surface area contributed by atoms with Crippen LogP contribution < -0.4 is 5.32 Å². The number of benzene rings is 2. The summed E-state index contributed by atoms with van der Waals surface area (Å²) in [6.07, 6.45) is 0. The number of halogens is 3. The number of hydrogen-bond acceptors (Lipinski definition) is 3. The molecule has 4 nitrogen and oxygen atoms in total. The minimum absolute atomic E-state index is 0.234. The predicted molar refractivity (Wildman–Crippen MR) is 91.6 cm³/mol. The van der Waals surface area contributed by atoms with Gasteiger partial charge in [-0.15, -0.1) is 0 Å². The zero-order valence-corrected chi connectivity index (χ0v) is 14.3. The van der Waals surface area contributed by atoms with Crippen LogP contribution in [0.5, 0.6) is 0 Å². The molecular formula is C16H12Cl3NO3. The molecule has 0 saturated heterocycles. The second-order valence-electron chi connectivity index (χ2n) is 4.74. The molecule has 0 fully saturated rings. The van der Waals surface area contributed by atoms with Crippen LogP contribution in [0.25, 0.3) is 0 Å². The summed E-state index contributed by atoms with van der Waals surface area (Å²) in [6, 6.07) is 9.72. The number of esters is 1. The molecule has 2 aromatic rings. The minimum atomic E-state index is -0.580. The monoisotopic (exact) mass is 371 g/mol. The van der Waals surface area contributed by atoms with E-state index in [4.69, 9.17) is 39.5 Å². The van der Waals surface area contributed by atoms with E-state index in [0.717, 1.165) is 5.56 Å². The maximum absolute atomic E-state index is 11.9. The molecule has 0 spiro atoms. The highest BCUT2D eigenvalue weighted by molar-refractivity contribution is 6.44. The van der Waals surface area contributed by atoms with Crippen molar-refractivity contribution < 1.29 is 14.3 Å². The number of carbonyl (C=O) groups excluding carboxylic acids is 2. The Morgan fingerprint density at radius 2 is 1.74 bits per heavy atom. The smallest absolute Gasteiger partial charge is 0.338 e. The fourth-order valence-electron chi connectivity index (χ4n) is 1.79. The van der Waals surface area contributed by atoms with Gasteiger partial charge >= 0.3 is 5.97 Å². The molecule has 0 aliphatic carbocycles. The van der Waals surface area contributed by atoms with E-state index in [1.54, 1.807) is 18.2 Å². The summed E-state index contributed by atoms with van der Waals surface area (Å²) in [5.74, 6) is -1.12. The van der Waals surface area contributed by atoms with Crippen LogP contribution in [0.3, 0.4) is 0 Å². The first-order valence-electron chi connectivity index (χ1n) is 6.55. The summed E-state index contributed by atoms with van der Waals surface area (Å²) in [4.78, 5) is 23.7. The van der Waals surface area contributed by atoms with Gasteiger partial charge in [-0.25, -0.2) is 4.79 Å². The molecule has 0 bridgehead atoms. The zero-order valence-electron chi connectivity index (χ0n) is 12.0. The fraction of sp³-hybridized carbons (Fsp3) is 0.125. The van der Waals surface area contributed by atoms with Gasteiger partial charge in [0, 0.05) is 0 Å². The lowest BCUT2D eigenvalue weighted by Gasteiger charge is -2.09. The number of rotatable bonds is 4. The maximum Gasteiger partial charge on any atom is 0.338 e. The summed E-state index contributed by atoms with van der Waals surface area (Å²) in [7, 11) is 0. The molecule has 0 atom stereocenters. The van der Waals surface area contributed by atoms with Gasteiger partial charge in [0.05, 0.1) is 26.3 Å². The highest BCUT2D eigenvalue weighted by atomic mass is 35.5. The average molecular weight is 373 g/mol. The van der Waals surface area contributed by atoms with Gasteiger partial charge in [-0.3, -0.25) is 4.79 Å². The van der Waals surface area contributed by atoms with E-state index in [0.29, 0.717) is 5.56 Å². The molecule has 2 rings (SSSR count). The van der Waals surface area contributed by atoms with Gasteiger partial charge in [0.1, 0.15) is 0 Å². The minimum Gasteiger partial charge on any atom is -0.452 e. The van der Waals surface area contributed by atoms with Gasteiger partial charge in [0.2, 0.25) is 0 Å². The predicted octanol–water partition coefficient (Wildman–Crippen LogP) is 4.75. The van der Waals surface area contributed by atoms with E-state index in [1.165, 1.54) is 12.1 Å². The van der Waals surface area contributed by atoms with E-state index in [1.807, 2.05) is 13.0 Å². The molecule has 0 aromatic heterocycles. The van der Waals surface area contributed by atoms with Gasteiger partial charge in [-0.1, -0.05) is 52.5 Å². The summed E-state index contributed by atoms with van der Waals surface area (Å²) < 4.78 is 4.96. The van der Waals surface area contributed by atoms with Crippen molar-refractivity contribution in [3.63, 3.8) is 0 Å². The van der Waals surface area contributed by atoms with E-state index >= 15 is 0 Å². The average Bonchev–Trinajstić information content (AvgIpc) is 2.50. The van der Waals surface area contributed by atoms with Crippen molar-refractivity contribution in [3.05, 3.63) is 62.6 Å². The van der Waals surface area contributed by atoms with Gasteiger partial charge in [0.15, 0.2) is 6.61 Å². The normalized spacial score (nSPS) is 10.3. The van der Waals surface area contributed by atoms with Crippen molar-refractivity contribution in [1.82, 2.24) is 0 Å². The Labute approximate surface area is 148 Å². The highest BCUT2D eigenvalue weighted by Gasteiger charge is 2.13. The largest absolute Gasteiger partial charge is 0.452 e. The van der Waals surface area contributed by atoms with Crippen molar-refractivity contribution in [2.24, 2.45) is 0 Å². The SMILES string of the molecule is Cc1cccc(C(=O)OCC(=O)Nc2cc(Cl)c(Cl)cc2Cl)c1. The lowest BCUT2D eigenvalue weighted by molar-refractivity contribution is -0.119. The molecule has 2 aromatic carbocycles. The standard InChI is InChI=1S/C16H12Cl3NO3/c1-9-3-2-4-10(5-9)16(22)23-8-15(21)20-14-7-12(18)11(17)6-13(14)19/h2-7H,8H2,1H3,(H,20,21). The number of hydrogen-bond donors (Lipinski definition) is 1. The van der Waals surface area contributed by atoms with Crippen molar-refractivity contribution in [3.8, 4) is 0 Å². The molecule has 0 aliphatic heterocycles. The lowest BCUT2D eigenvalue weighted by Crippen LogP contribution is -2.21. The number of ether oxygens (including phenoxy) is 1. The summed E-state index contributed by atoms with van der Waals surface area (Å²) >= 11 is 17.6. The Balaban J connectivity index is 1.95. The highest BCUT2D eigenvalue weighted by Crippen LogP contribution is 2.32. The quantitative estimate of drug-likeness (QED) is 0.622. The first-order chi connectivity index (χ1) is 10.9. The van der Waals surface area contributed by atoms with Crippen molar-refractivity contribution in [2.45, 2.75) is 6.92 Å². The first-order valence-corrected chi connectivity index (χ1v) is 7.68. The van der Waals surface area contributed by atoms with Gasteiger partial charge in [-0.2, -0.15) is 0 Å². The molecule has 23 heavy (non-hydrogen) atoms. The van der Waals surface area contributed by atoms with Crippen molar-refractivity contribution in [2.75, 3.05) is 11.9 Å². The van der Waals surface area contributed by atoms with Crippen molar-refractivity contribution >= 4 is 52.4 Å². The molecule has 1 amide bonds. The lowest BCUT2D eigenvalue weighted by atomic mass is 10.1. The Hall–Kier alpha value is -1.75. The van der Waals surface area contributed by atoms with Crippen LogP contribution in [0.2, 0.25) is 15.1 Å². The number of aryl methyl sites for hydroxylation is 1. The van der Waals surface area contributed by atoms with Crippen LogP contribution >= 0.6 is 34.8 Å². The van der Waals surface area contributed by atoms with Crippen molar-refractivity contribution in [1.29, 1.82) is 0 Å². The van der Waals surface area contributed by atoms with Gasteiger partial charge < -0.3 is 10.1 Å². The number of carbonyl (C=O) groups is 2. The Bertz CT molecular complexity index is 762. The Morgan fingerprint density at radius 1 is 1.04 bits per heavy atom. The third-order valence-corrected chi connectivity index (χ3v) is 3.91. The van der Waals surface area contributed by atoms with E-state index in [2.05, 4.69) is 5.32 Å². The summed E-state index contributed by atoms with van der Waals surface area (Å²) in [5, 5.41) is 3.27. The van der Waals surface area contributed by atoms with Crippen LogP contribution in [-0.2, 0) is 9.53 Å². The van der Waals surface area contributed by atoms with Crippen LogP contribution in [0.1, 0.15) is 15.9 Å². The van der Waals surface area contributed by atoms with Gasteiger partial charge in [0.25, 0.3) is 5.91 Å². The van der Waals surface area contributed by atoms with Crippen LogP contribution in [0.4, 0.5) is 5.69 Å². The molecule has 120 valence electrons. The number of anilines is 1. The zero-order chi connectivity index (χ0) is 17.0. The first kappa shape index (κ1) is 17.6. The molecule has 0 heterocycles. The molecule has 0 unspecified atom stereocenters. The molecule has 0 aliphatic rings. The number of nitrogens with one attached hydrogen (secondary N) is 1. The molecular weight excluding hydrogens is 361 g/mol. The maximum atomic E-state index is 11.9. The third-order valence-electron chi connectivity index (χ3n) is 2.87. The number of amides is 1. The molecule has 0 radical (unpaired) electrons. The van der Waals surface area contributed by atoms with Crippen LogP contribution in [0, 0.1) is 6.92 Å². The fourth-order valence-corrected chi connectivity index (χ4v) is 2.39.